The summed E-state index contributed by atoms with van der Waals surface area (Å²) in [6, 6.07) is 26.3. The Morgan fingerprint density at radius 3 is 2.06 bits per heavy atom. The summed E-state index contributed by atoms with van der Waals surface area (Å²) in [5, 5.41) is 18.2. The fraction of sp³-hybridized carbons (Fsp3) is 0.148. The lowest BCUT2D eigenvalue weighted by atomic mass is 10.1. The predicted molar refractivity (Wildman–Crippen MR) is 135 cm³/mol. The largest absolute Gasteiger partial charge is 0.497 e. The predicted octanol–water partition coefficient (Wildman–Crippen LogP) is 4.44. The second-order valence-corrected chi connectivity index (χ2v) is 7.64. The molecule has 1 aromatic heterocycles. The van der Waals surface area contributed by atoms with Crippen LogP contribution in [0.1, 0.15) is 11.1 Å². The Balaban J connectivity index is 0.000000538. The van der Waals surface area contributed by atoms with E-state index >= 15 is 0 Å². The van der Waals surface area contributed by atoms with Crippen molar-refractivity contribution in [2.75, 3.05) is 12.4 Å². The van der Waals surface area contributed by atoms with Crippen LogP contribution in [-0.4, -0.2) is 38.8 Å². The van der Waals surface area contributed by atoms with E-state index < -0.39 is 11.9 Å². The number of methoxy groups -OCH3 is 1. The molecule has 0 atom stereocenters. The van der Waals surface area contributed by atoms with E-state index in [2.05, 4.69) is 39.1 Å². The van der Waals surface area contributed by atoms with Crippen molar-refractivity contribution in [1.82, 2.24) is 9.55 Å². The first-order valence-corrected chi connectivity index (χ1v) is 11.0. The van der Waals surface area contributed by atoms with E-state index in [4.69, 9.17) is 29.3 Å². The number of benzene rings is 3. The smallest absolute Gasteiger partial charge is 0.414 e. The number of ether oxygens (including phenoxy) is 2. The molecule has 0 amide bonds. The van der Waals surface area contributed by atoms with Crippen LogP contribution >= 0.6 is 0 Å². The molecule has 0 fully saturated rings. The van der Waals surface area contributed by atoms with Crippen LogP contribution in [0, 0.1) is 0 Å². The standard InChI is InChI=1S/C25H25N3O2.C2H2O4/c1-28-24(21-10-14-22(29-2)15-11-21)17-27-25(28)26-16-19-8-12-23(13-9-19)30-18-20-6-4-3-5-7-20;3-1(4)2(5)6/h3-15,17H,16,18H2,1-2H3,(H,26,27);(H,3,4)(H,5,6). The zero-order chi connectivity index (χ0) is 25.9. The number of anilines is 1. The SMILES string of the molecule is COc1ccc(-c2cnc(NCc3ccc(OCc4ccccc4)cc3)n2C)cc1.O=C(O)C(=O)O. The zero-order valence-corrected chi connectivity index (χ0v) is 19.9. The highest BCUT2D eigenvalue weighted by Gasteiger charge is 2.09. The van der Waals surface area contributed by atoms with E-state index in [-0.39, 0.29) is 0 Å². The summed E-state index contributed by atoms with van der Waals surface area (Å²) in [5.74, 6) is -1.12. The molecule has 1 heterocycles. The average molecular weight is 490 g/mol. The molecule has 4 rings (SSSR count). The van der Waals surface area contributed by atoms with Gasteiger partial charge in [-0.15, -0.1) is 0 Å². The van der Waals surface area contributed by atoms with Crippen LogP contribution < -0.4 is 14.8 Å². The Morgan fingerprint density at radius 1 is 0.861 bits per heavy atom. The van der Waals surface area contributed by atoms with Gasteiger partial charge in [-0.1, -0.05) is 42.5 Å². The van der Waals surface area contributed by atoms with Crippen molar-refractivity contribution in [2.45, 2.75) is 13.2 Å². The van der Waals surface area contributed by atoms with Gasteiger partial charge >= 0.3 is 11.9 Å². The van der Waals surface area contributed by atoms with Gasteiger partial charge in [-0.05, 0) is 47.5 Å². The fourth-order valence-corrected chi connectivity index (χ4v) is 3.23. The van der Waals surface area contributed by atoms with E-state index in [9.17, 15) is 0 Å². The minimum absolute atomic E-state index is 0.569. The first-order chi connectivity index (χ1) is 17.4. The average Bonchev–Trinajstić information content (AvgIpc) is 3.27. The highest BCUT2D eigenvalue weighted by molar-refractivity contribution is 6.27. The number of carbonyl (C=O) groups is 2. The summed E-state index contributed by atoms with van der Waals surface area (Å²) >= 11 is 0. The molecule has 0 saturated carbocycles. The lowest BCUT2D eigenvalue weighted by Crippen LogP contribution is -2.09. The fourth-order valence-electron chi connectivity index (χ4n) is 3.23. The Hall–Kier alpha value is -4.79. The molecule has 9 heteroatoms. The van der Waals surface area contributed by atoms with Gasteiger partial charge in [0.15, 0.2) is 0 Å². The van der Waals surface area contributed by atoms with Crippen molar-refractivity contribution in [3.63, 3.8) is 0 Å². The second kappa shape index (κ2) is 12.6. The van der Waals surface area contributed by atoms with Crippen molar-refractivity contribution in [2.24, 2.45) is 7.05 Å². The van der Waals surface area contributed by atoms with E-state index in [1.54, 1.807) is 7.11 Å². The number of rotatable bonds is 8. The van der Waals surface area contributed by atoms with E-state index in [0.29, 0.717) is 13.2 Å². The molecule has 3 N–H and O–H groups in total. The molecule has 0 saturated heterocycles. The molecule has 0 unspecified atom stereocenters. The number of imidazole rings is 1. The molecule has 186 valence electrons. The zero-order valence-electron chi connectivity index (χ0n) is 19.9. The van der Waals surface area contributed by atoms with Gasteiger partial charge in [0, 0.05) is 19.2 Å². The maximum Gasteiger partial charge on any atom is 0.414 e. The van der Waals surface area contributed by atoms with Gasteiger partial charge in [0.2, 0.25) is 5.95 Å². The van der Waals surface area contributed by atoms with Gasteiger partial charge in [0.1, 0.15) is 18.1 Å². The first kappa shape index (κ1) is 25.8. The van der Waals surface area contributed by atoms with Crippen LogP contribution in [0.25, 0.3) is 11.3 Å². The summed E-state index contributed by atoms with van der Waals surface area (Å²) in [5.41, 5.74) is 4.46. The van der Waals surface area contributed by atoms with Crippen molar-refractivity contribution < 1.29 is 29.3 Å². The van der Waals surface area contributed by atoms with Crippen LogP contribution in [0.15, 0.2) is 85.1 Å². The molecule has 0 radical (unpaired) electrons. The van der Waals surface area contributed by atoms with Crippen molar-refractivity contribution in [3.05, 3.63) is 96.2 Å². The molecule has 0 spiro atoms. The number of aliphatic carboxylic acids is 2. The Bertz CT molecular complexity index is 1260. The minimum Gasteiger partial charge on any atom is -0.497 e. The normalized spacial score (nSPS) is 10.1. The third-order valence-corrected chi connectivity index (χ3v) is 5.18. The quantitative estimate of drug-likeness (QED) is 0.311. The summed E-state index contributed by atoms with van der Waals surface area (Å²) < 4.78 is 13.1. The number of hydrogen-bond donors (Lipinski definition) is 3. The van der Waals surface area contributed by atoms with Gasteiger partial charge in [-0.3, -0.25) is 0 Å². The van der Waals surface area contributed by atoms with Gasteiger partial charge in [0.25, 0.3) is 0 Å². The summed E-state index contributed by atoms with van der Waals surface area (Å²) in [4.78, 5) is 22.7. The van der Waals surface area contributed by atoms with Crippen molar-refractivity contribution in [3.8, 4) is 22.8 Å². The van der Waals surface area contributed by atoms with Gasteiger partial charge < -0.3 is 29.6 Å². The van der Waals surface area contributed by atoms with E-state index in [1.165, 1.54) is 0 Å². The molecule has 9 nitrogen and oxygen atoms in total. The monoisotopic (exact) mass is 489 g/mol. The highest BCUT2D eigenvalue weighted by Crippen LogP contribution is 2.24. The van der Waals surface area contributed by atoms with Gasteiger partial charge in [-0.25, -0.2) is 14.6 Å². The van der Waals surface area contributed by atoms with Crippen LogP contribution in [0.5, 0.6) is 11.5 Å². The third kappa shape index (κ3) is 7.36. The number of carboxylic acids is 2. The third-order valence-electron chi connectivity index (χ3n) is 5.18. The molecular weight excluding hydrogens is 462 g/mol. The van der Waals surface area contributed by atoms with Gasteiger partial charge in [-0.2, -0.15) is 0 Å². The number of hydrogen-bond acceptors (Lipinski definition) is 6. The van der Waals surface area contributed by atoms with Crippen LogP contribution in [0.3, 0.4) is 0 Å². The van der Waals surface area contributed by atoms with Crippen LogP contribution in [0.2, 0.25) is 0 Å². The maximum absolute atomic E-state index is 9.10. The van der Waals surface area contributed by atoms with E-state index in [0.717, 1.165) is 39.8 Å². The summed E-state index contributed by atoms with van der Waals surface area (Å²) in [6.45, 7) is 1.26. The lowest BCUT2D eigenvalue weighted by molar-refractivity contribution is -0.159. The Morgan fingerprint density at radius 2 is 1.47 bits per heavy atom. The number of nitrogens with one attached hydrogen (secondary N) is 1. The molecule has 36 heavy (non-hydrogen) atoms. The number of carboxylic acid groups (broad SMARTS) is 2. The number of aromatic nitrogens is 2. The van der Waals surface area contributed by atoms with Crippen molar-refractivity contribution >= 4 is 17.9 Å². The molecule has 4 aromatic rings. The summed E-state index contributed by atoms with van der Waals surface area (Å²) in [6.07, 6.45) is 1.88. The first-order valence-electron chi connectivity index (χ1n) is 11.0. The Kier molecular flexibility index (Phi) is 9.05. The second-order valence-electron chi connectivity index (χ2n) is 7.64. The minimum atomic E-state index is -1.82. The molecule has 0 aliphatic heterocycles. The molecule has 3 aromatic carbocycles. The van der Waals surface area contributed by atoms with Crippen LogP contribution in [-0.2, 0) is 29.8 Å². The Labute approximate surface area is 208 Å². The topological polar surface area (TPSA) is 123 Å². The van der Waals surface area contributed by atoms with Crippen LogP contribution in [0.4, 0.5) is 5.95 Å². The lowest BCUT2D eigenvalue weighted by Gasteiger charge is -2.10. The van der Waals surface area contributed by atoms with Crippen molar-refractivity contribution in [1.29, 1.82) is 0 Å². The molecule has 0 bridgehead atoms. The molecule has 0 aliphatic rings. The molecule has 0 aliphatic carbocycles. The van der Waals surface area contributed by atoms with Gasteiger partial charge in [0.05, 0.1) is 19.0 Å². The maximum atomic E-state index is 9.10. The summed E-state index contributed by atoms with van der Waals surface area (Å²) in [7, 11) is 3.68. The highest BCUT2D eigenvalue weighted by atomic mass is 16.5. The molecular formula is C27H27N3O6. The number of nitrogens with zero attached hydrogens (tertiary/aromatic N) is 2. The van der Waals surface area contributed by atoms with E-state index in [1.807, 2.05) is 67.8 Å².